The van der Waals surface area contributed by atoms with E-state index in [0.717, 1.165) is 5.56 Å². The van der Waals surface area contributed by atoms with Crippen LogP contribution in [0, 0.1) is 13.8 Å². The number of hydrogen-bond acceptors (Lipinski definition) is 6. The average molecular weight is 259 g/mol. The van der Waals surface area contributed by atoms with Gasteiger partial charge in [0, 0.05) is 14.1 Å². The second kappa shape index (κ2) is 5.09. The molecule has 2 rings (SSSR count). The van der Waals surface area contributed by atoms with E-state index < -0.39 is 0 Å². The fourth-order valence-electron chi connectivity index (χ4n) is 1.62. The summed E-state index contributed by atoms with van der Waals surface area (Å²) in [5.41, 5.74) is 7.84. The molecule has 6 nitrogen and oxygen atoms in total. The number of nitrogen functional groups attached to an aromatic ring is 1. The first kappa shape index (κ1) is 13.1. The van der Waals surface area contributed by atoms with Gasteiger partial charge in [0.25, 0.3) is 0 Å². The quantitative estimate of drug-likeness (QED) is 0.907. The Morgan fingerprint density at radius 3 is 2.47 bits per heavy atom. The molecule has 1 heterocycles. The van der Waals surface area contributed by atoms with Gasteiger partial charge in [-0.2, -0.15) is 15.0 Å². The van der Waals surface area contributed by atoms with E-state index in [4.69, 9.17) is 10.5 Å². The SMILES string of the molecule is Cc1ccc(Oc2nc(N)nc(N(C)C)n2)c(C)c1. The largest absolute Gasteiger partial charge is 0.424 e. The van der Waals surface area contributed by atoms with Crippen molar-refractivity contribution in [2.45, 2.75) is 13.8 Å². The minimum atomic E-state index is 0.137. The predicted molar refractivity (Wildman–Crippen MR) is 74.6 cm³/mol. The van der Waals surface area contributed by atoms with Crippen LogP contribution in [0.5, 0.6) is 11.8 Å². The zero-order chi connectivity index (χ0) is 14.0. The molecule has 6 heteroatoms. The molecule has 0 saturated carbocycles. The molecular weight excluding hydrogens is 242 g/mol. The average Bonchev–Trinajstić information content (AvgIpc) is 2.32. The van der Waals surface area contributed by atoms with E-state index in [1.807, 2.05) is 46.1 Å². The Labute approximate surface area is 112 Å². The van der Waals surface area contributed by atoms with Crippen LogP contribution < -0.4 is 15.4 Å². The summed E-state index contributed by atoms with van der Waals surface area (Å²) < 4.78 is 5.67. The van der Waals surface area contributed by atoms with Crippen molar-refractivity contribution < 1.29 is 4.74 Å². The fraction of sp³-hybridized carbons (Fsp3) is 0.308. The van der Waals surface area contributed by atoms with Crippen molar-refractivity contribution >= 4 is 11.9 Å². The summed E-state index contributed by atoms with van der Waals surface area (Å²) in [6.07, 6.45) is 0. The highest BCUT2D eigenvalue weighted by molar-refractivity contribution is 5.39. The highest BCUT2D eigenvalue weighted by Gasteiger charge is 2.09. The van der Waals surface area contributed by atoms with Crippen molar-refractivity contribution in [2.24, 2.45) is 0 Å². The van der Waals surface area contributed by atoms with Crippen LogP contribution in [0.25, 0.3) is 0 Å². The summed E-state index contributed by atoms with van der Waals surface area (Å²) in [6, 6.07) is 6.09. The van der Waals surface area contributed by atoms with E-state index in [0.29, 0.717) is 11.7 Å². The Bertz CT molecular complexity index is 598. The standard InChI is InChI=1S/C13H17N5O/c1-8-5-6-10(9(2)7-8)19-13-16-11(14)15-12(17-13)18(3)4/h5-7H,1-4H3,(H2,14,15,16,17). The van der Waals surface area contributed by atoms with Gasteiger partial charge in [0.05, 0.1) is 0 Å². The molecule has 0 fully saturated rings. The van der Waals surface area contributed by atoms with Gasteiger partial charge in [-0.15, -0.1) is 0 Å². The van der Waals surface area contributed by atoms with Crippen LogP contribution in [-0.2, 0) is 0 Å². The van der Waals surface area contributed by atoms with Crippen LogP contribution in [0.15, 0.2) is 18.2 Å². The number of ether oxygens (including phenoxy) is 1. The molecule has 0 aliphatic rings. The number of nitrogens with zero attached hydrogens (tertiary/aromatic N) is 4. The number of nitrogens with two attached hydrogens (primary N) is 1. The van der Waals surface area contributed by atoms with Crippen molar-refractivity contribution in [2.75, 3.05) is 24.7 Å². The van der Waals surface area contributed by atoms with Gasteiger partial charge in [-0.3, -0.25) is 0 Å². The van der Waals surface area contributed by atoms with Gasteiger partial charge in [0.2, 0.25) is 11.9 Å². The van der Waals surface area contributed by atoms with E-state index in [2.05, 4.69) is 15.0 Å². The molecule has 19 heavy (non-hydrogen) atoms. The van der Waals surface area contributed by atoms with Gasteiger partial charge >= 0.3 is 6.01 Å². The molecule has 0 saturated heterocycles. The van der Waals surface area contributed by atoms with E-state index in [9.17, 15) is 0 Å². The molecular formula is C13H17N5O. The molecule has 0 bridgehead atoms. The molecule has 1 aromatic heterocycles. The second-order valence-electron chi connectivity index (χ2n) is 4.54. The zero-order valence-electron chi connectivity index (χ0n) is 11.5. The van der Waals surface area contributed by atoms with Crippen molar-refractivity contribution in [3.63, 3.8) is 0 Å². The molecule has 2 N–H and O–H groups in total. The van der Waals surface area contributed by atoms with Crippen LogP contribution >= 0.6 is 0 Å². The Morgan fingerprint density at radius 2 is 1.84 bits per heavy atom. The molecule has 0 radical (unpaired) electrons. The fourth-order valence-corrected chi connectivity index (χ4v) is 1.62. The lowest BCUT2D eigenvalue weighted by Crippen LogP contribution is -2.15. The molecule has 0 spiro atoms. The first-order valence-electron chi connectivity index (χ1n) is 5.89. The van der Waals surface area contributed by atoms with Gasteiger partial charge in [0.1, 0.15) is 5.75 Å². The normalized spacial score (nSPS) is 10.3. The van der Waals surface area contributed by atoms with Gasteiger partial charge in [-0.25, -0.2) is 0 Å². The Balaban J connectivity index is 2.32. The maximum absolute atomic E-state index is 5.67. The molecule has 0 aliphatic carbocycles. The van der Waals surface area contributed by atoms with Crippen LogP contribution in [0.3, 0.4) is 0 Å². The highest BCUT2D eigenvalue weighted by Crippen LogP contribution is 2.24. The van der Waals surface area contributed by atoms with Crippen molar-refractivity contribution in [3.05, 3.63) is 29.3 Å². The lowest BCUT2D eigenvalue weighted by atomic mass is 10.1. The lowest BCUT2D eigenvalue weighted by molar-refractivity contribution is 0.437. The summed E-state index contributed by atoms with van der Waals surface area (Å²) >= 11 is 0. The Kier molecular flexibility index (Phi) is 3.50. The summed E-state index contributed by atoms with van der Waals surface area (Å²) in [6.45, 7) is 4.00. The Hall–Kier alpha value is -2.37. The summed E-state index contributed by atoms with van der Waals surface area (Å²) in [5, 5.41) is 0. The third kappa shape index (κ3) is 3.09. The Morgan fingerprint density at radius 1 is 1.11 bits per heavy atom. The van der Waals surface area contributed by atoms with Crippen LogP contribution in [-0.4, -0.2) is 29.0 Å². The topological polar surface area (TPSA) is 77.2 Å². The molecule has 1 aromatic carbocycles. The summed E-state index contributed by atoms with van der Waals surface area (Å²) in [5.74, 6) is 1.31. The smallest absolute Gasteiger partial charge is 0.328 e. The number of aromatic nitrogens is 3. The number of benzene rings is 1. The number of rotatable bonds is 3. The number of hydrogen-bond donors (Lipinski definition) is 1. The molecule has 0 unspecified atom stereocenters. The molecule has 2 aromatic rings. The first-order chi connectivity index (χ1) is 8.95. The van der Waals surface area contributed by atoms with Crippen molar-refractivity contribution in [1.29, 1.82) is 0 Å². The zero-order valence-corrected chi connectivity index (χ0v) is 11.5. The maximum Gasteiger partial charge on any atom is 0.328 e. The van der Waals surface area contributed by atoms with E-state index >= 15 is 0 Å². The van der Waals surface area contributed by atoms with Crippen molar-refractivity contribution in [1.82, 2.24) is 15.0 Å². The highest BCUT2D eigenvalue weighted by atomic mass is 16.5. The van der Waals surface area contributed by atoms with Gasteiger partial charge in [-0.1, -0.05) is 17.7 Å². The van der Waals surface area contributed by atoms with Gasteiger partial charge in [-0.05, 0) is 25.5 Å². The second-order valence-corrected chi connectivity index (χ2v) is 4.54. The maximum atomic E-state index is 5.67. The summed E-state index contributed by atoms with van der Waals surface area (Å²) in [7, 11) is 3.66. The lowest BCUT2D eigenvalue weighted by Gasteiger charge is -2.12. The van der Waals surface area contributed by atoms with Crippen molar-refractivity contribution in [3.8, 4) is 11.8 Å². The van der Waals surface area contributed by atoms with E-state index in [1.165, 1.54) is 5.56 Å². The minimum absolute atomic E-state index is 0.137. The third-order valence-electron chi connectivity index (χ3n) is 2.55. The van der Waals surface area contributed by atoms with Gasteiger partial charge < -0.3 is 15.4 Å². The van der Waals surface area contributed by atoms with Crippen LogP contribution in [0.2, 0.25) is 0 Å². The van der Waals surface area contributed by atoms with E-state index in [-0.39, 0.29) is 12.0 Å². The molecule has 0 aliphatic heterocycles. The van der Waals surface area contributed by atoms with E-state index in [1.54, 1.807) is 4.90 Å². The molecule has 100 valence electrons. The third-order valence-corrected chi connectivity index (χ3v) is 2.55. The summed E-state index contributed by atoms with van der Waals surface area (Å²) in [4.78, 5) is 13.9. The van der Waals surface area contributed by atoms with Gasteiger partial charge in [0.15, 0.2) is 0 Å². The molecule has 0 amide bonds. The van der Waals surface area contributed by atoms with Crippen LogP contribution in [0.1, 0.15) is 11.1 Å². The first-order valence-corrected chi connectivity index (χ1v) is 5.89. The minimum Gasteiger partial charge on any atom is -0.424 e. The number of anilines is 2. The predicted octanol–water partition coefficient (Wildman–Crippen LogP) is 1.93. The van der Waals surface area contributed by atoms with Crippen LogP contribution in [0.4, 0.5) is 11.9 Å². The number of aryl methyl sites for hydroxylation is 2. The monoisotopic (exact) mass is 259 g/mol. The molecule has 0 atom stereocenters.